The molecule has 6 heteroatoms. The molecule has 0 fully saturated rings. The van der Waals surface area contributed by atoms with Crippen molar-refractivity contribution < 1.29 is 0 Å². The van der Waals surface area contributed by atoms with Crippen LogP contribution in [0.4, 0.5) is 0 Å². The van der Waals surface area contributed by atoms with Gasteiger partial charge in [-0.25, -0.2) is 9.97 Å². The van der Waals surface area contributed by atoms with Crippen LogP contribution in [0.2, 0.25) is 0 Å². The lowest BCUT2D eigenvalue weighted by Crippen LogP contribution is -2.45. The standard InChI is InChI=1S/C45H44N6/c1-3-4-17-31(2)49-40-25-14-11-22-37(40)46-43(49)32-28-33(44-47-38-23-12-15-26-41(38)50(44)35-18-7-5-8-19-35)30-34(29-32)45-48-39-24-13-16-27-42(39)51(45)36-20-9-6-10-21-36/h5-10,12-16,18-20,23-31,36-37,40H,3-4,11,17,21-22H2,1-2H3. The number of hydrogen-bond donors (Lipinski definition) is 0. The van der Waals surface area contributed by atoms with E-state index >= 15 is 0 Å². The van der Waals surface area contributed by atoms with Crippen LogP contribution in [-0.4, -0.2) is 48.0 Å². The molecule has 3 heterocycles. The number of benzene rings is 4. The van der Waals surface area contributed by atoms with E-state index in [4.69, 9.17) is 15.0 Å². The topological polar surface area (TPSA) is 51.2 Å². The molecular weight excluding hydrogens is 625 g/mol. The maximum Gasteiger partial charge on any atom is 0.145 e. The number of imidazole rings is 2. The van der Waals surface area contributed by atoms with Crippen LogP contribution in [0.25, 0.3) is 50.5 Å². The van der Waals surface area contributed by atoms with Gasteiger partial charge >= 0.3 is 0 Å². The van der Waals surface area contributed by atoms with Crippen molar-refractivity contribution in [2.45, 2.75) is 76.5 Å². The Morgan fingerprint density at radius 1 is 0.745 bits per heavy atom. The molecule has 9 rings (SSSR count). The van der Waals surface area contributed by atoms with Crippen molar-refractivity contribution in [1.29, 1.82) is 0 Å². The first-order chi connectivity index (χ1) is 25.2. The number of allylic oxidation sites excluding steroid dienone is 5. The lowest BCUT2D eigenvalue weighted by atomic mass is 9.95. The summed E-state index contributed by atoms with van der Waals surface area (Å²) in [4.78, 5) is 18.9. The normalized spacial score (nSPS) is 20.3. The molecule has 0 saturated carbocycles. The van der Waals surface area contributed by atoms with Gasteiger partial charge in [-0.1, -0.05) is 98.7 Å². The fourth-order valence-corrected chi connectivity index (χ4v) is 8.37. The molecule has 3 aliphatic rings. The average molecular weight is 669 g/mol. The van der Waals surface area contributed by atoms with Gasteiger partial charge in [-0.05, 0) is 87.2 Å². The highest BCUT2D eigenvalue weighted by atomic mass is 15.3. The van der Waals surface area contributed by atoms with E-state index in [9.17, 15) is 0 Å². The quantitative estimate of drug-likeness (QED) is 0.144. The SMILES string of the molecule is CCCCC(C)N1C(c2cc(-c3nc4ccccc4n3-c3ccccc3)cc(-c3nc4ccccc4n3C3C=CC=CC3)c2)=NC2CCC=CC21. The van der Waals surface area contributed by atoms with Crippen molar-refractivity contribution in [1.82, 2.24) is 24.0 Å². The second-order valence-corrected chi connectivity index (χ2v) is 14.2. The number of nitrogens with zero attached hydrogens (tertiary/aromatic N) is 6. The summed E-state index contributed by atoms with van der Waals surface area (Å²) in [5.41, 5.74) is 8.53. The van der Waals surface area contributed by atoms with E-state index in [2.05, 4.69) is 161 Å². The van der Waals surface area contributed by atoms with E-state index in [1.54, 1.807) is 0 Å². The third kappa shape index (κ3) is 5.63. The summed E-state index contributed by atoms with van der Waals surface area (Å²) in [6, 6.07) is 35.7. The lowest BCUT2D eigenvalue weighted by molar-refractivity contribution is 0.259. The number of fused-ring (bicyclic) bond motifs is 3. The highest BCUT2D eigenvalue weighted by molar-refractivity contribution is 6.03. The highest BCUT2D eigenvalue weighted by Gasteiger charge is 2.39. The van der Waals surface area contributed by atoms with Gasteiger partial charge in [0, 0.05) is 28.4 Å². The van der Waals surface area contributed by atoms with E-state index in [0.29, 0.717) is 6.04 Å². The summed E-state index contributed by atoms with van der Waals surface area (Å²) in [5, 5.41) is 0. The second kappa shape index (κ2) is 13.3. The van der Waals surface area contributed by atoms with Crippen molar-refractivity contribution in [3.8, 4) is 28.5 Å². The van der Waals surface area contributed by atoms with Crippen molar-refractivity contribution in [2.75, 3.05) is 0 Å². The van der Waals surface area contributed by atoms with Crippen LogP contribution in [-0.2, 0) is 0 Å². The van der Waals surface area contributed by atoms with Gasteiger partial charge in [-0.3, -0.25) is 9.56 Å². The summed E-state index contributed by atoms with van der Waals surface area (Å²) in [5.74, 6) is 2.97. The Labute approximate surface area is 300 Å². The molecule has 6 nitrogen and oxygen atoms in total. The molecule has 0 radical (unpaired) electrons. The van der Waals surface area contributed by atoms with Crippen LogP contribution in [0.5, 0.6) is 0 Å². The van der Waals surface area contributed by atoms with Gasteiger partial charge in [-0.15, -0.1) is 0 Å². The van der Waals surface area contributed by atoms with E-state index in [1.807, 2.05) is 0 Å². The molecule has 0 saturated heterocycles. The first kappa shape index (κ1) is 31.5. The first-order valence-corrected chi connectivity index (χ1v) is 18.7. The minimum atomic E-state index is 0.167. The maximum atomic E-state index is 5.56. The molecule has 4 unspecified atom stereocenters. The number of hydrogen-bond acceptors (Lipinski definition) is 4. The summed E-state index contributed by atoms with van der Waals surface area (Å²) < 4.78 is 4.73. The number of para-hydroxylation sites is 5. The van der Waals surface area contributed by atoms with E-state index in [0.717, 1.165) is 87.6 Å². The van der Waals surface area contributed by atoms with Gasteiger partial charge in [0.05, 0.1) is 40.2 Å². The first-order valence-electron chi connectivity index (χ1n) is 18.7. The Morgan fingerprint density at radius 3 is 2.24 bits per heavy atom. The summed E-state index contributed by atoms with van der Waals surface area (Å²) in [6.07, 6.45) is 20.2. The molecule has 2 aliphatic carbocycles. The van der Waals surface area contributed by atoms with Gasteiger partial charge in [-0.2, -0.15) is 0 Å². The fraction of sp³-hybridized carbons (Fsp3) is 0.267. The fourth-order valence-electron chi connectivity index (χ4n) is 8.37. The molecule has 0 N–H and O–H groups in total. The summed E-state index contributed by atoms with van der Waals surface area (Å²) in [6.45, 7) is 4.67. The van der Waals surface area contributed by atoms with Crippen LogP contribution >= 0.6 is 0 Å². The molecule has 4 aromatic carbocycles. The number of aromatic nitrogens is 4. The molecule has 4 atom stereocenters. The molecule has 0 amide bonds. The van der Waals surface area contributed by atoms with Crippen LogP contribution < -0.4 is 0 Å². The highest BCUT2D eigenvalue weighted by Crippen LogP contribution is 2.39. The van der Waals surface area contributed by atoms with E-state index in [1.165, 1.54) is 12.8 Å². The molecule has 2 aromatic heterocycles. The van der Waals surface area contributed by atoms with E-state index < -0.39 is 0 Å². The minimum absolute atomic E-state index is 0.167. The van der Waals surface area contributed by atoms with E-state index in [-0.39, 0.29) is 18.1 Å². The molecule has 0 spiro atoms. The van der Waals surface area contributed by atoms with Crippen molar-refractivity contribution >= 4 is 27.9 Å². The zero-order valence-corrected chi connectivity index (χ0v) is 29.4. The Kier molecular flexibility index (Phi) is 8.23. The predicted octanol–water partition coefficient (Wildman–Crippen LogP) is 10.5. The van der Waals surface area contributed by atoms with Crippen LogP contribution in [0, 0.1) is 0 Å². The molecule has 0 bridgehead atoms. The third-order valence-electron chi connectivity index (χ3n) is 10.8. The third-order valence-corrected chi connectivity index (χ3v) is 10.8. The molecular formula is C45H44N6. The predicted molar refractivity (Wildman–Crippen MR) is 210 cm³/mol. The minimum Gasteiger partial charge on any atom is -0.345 e. The van der Waals surface area contributed by atoms with Crippen molar-refractivity contribution in [3.63, 3.8) is 0 Å². The number of amidine groups is 1. The summed E-state index contributed by atoms with van der Waals surface area (Å²) >= 11 is 0. The van der Waals surface area contributed by atoms with Crippen LogP contribution in [0.3, 0.4) is 0 Å². The van der Waals surface area contributed by atoms with Crippen LogP contribution in [0.1, 0.15) is 64.0 Å². The van der Waals surface area contributed by atoms with Gasteiger partial charge in [0.2, 0.25) is 0 Å². The second-order valence-electron chi connectivity index (χ2n) is 14.2. The largest absolute Gasteiger partial charge is 0.345 e. The van der Waals surface area contributed by atoms with Crippen LogP contribution in [0.15, 0.2) is 139 Å². The zero-order chi connectivity index (χ0) is 34.3. The smallest absolute Gasteiger partial charge is 0.145 e. The Bertz CT molecular complexity index is 2340. The van der Waals surface area contributed by atoms with Crippen molar-refractivity contribution in [3.05, 3.63) is 139 Å². The maximum absolute atomic E-state index is 5.56. The monoisotopic (exact) mass is 668 g/mol. The van der Waals surface area contributed by atoms with Gasteiger partial charge in [0.25, 0.3) is 0 Å². The molecule has 254 valence electrons. The Hall–Kier alpha value is -5.49. The average Bonchev–Trinajstić information content (AvgIpc) is 3.89. The zero-order valence-electron chi connectivity index (χ0n) is 29.4. The molecule has 1 aliphatic heterocycles. The molecule has 6 aromatic rings. The van der Waals surface area contributed by atoms with Crippen molar-refractivity contribution in [2.24, 2.45) is 4.99 Å². The number of unbranched alkanes of at least 4 members (excludes halogenated alkanes) is 1. The van der Waals surface area contributed by atoms with Gasteiger partial charge < -0.3 is 9.47 Å². The summed E-state index contributed by atoms with van der Waals surface area (Å²) in [7, 11) is 0. The van der Waals surface area contributed by atoms with Gasteiger partial charge in [0.1, 0.15) is 17.5 Å². The number of aliphatic imine (C=N–C) groups is 1. The molecule has 51 heavy (non-hydrogen) atoms. The Balaban J connectivity index is 1.30. The lowest BCUT2D eigenvalue weighted by Gasteiger charge is -2.35. The van der Waals surface area contributed by atoms with Gasteiger partial charge in [0.15, 0.2) is 0 Å². The number of rotatable bonds is 9. The Morgan fingerprint density at radius 2 is 1.45 bits per heavy atom.